The Balaban J connectivity index is 1.53. The number of hydrogen-bond acceptors (Lipinski definition) is 3. The number of nitrogens with one attached hydrogen (secondary N) is 2. The van der Waals surface area contributed by atoms with Crippen LogP contribution in [0, 0.1) is 5.92 Å². The molecule has 4 nitrogen and oxygen atoms in total. The van der Waals surface area contributed by atoms with Crippen LogP contribution in [0.15, 0.2) is 0 Å². The number of hydrogen-bond donors (Lipinski definition) is 2. The SMILES string of the molecule is O=C(CCN1CCCC1)NCC1CCNC1. The van der Waals surface area contributed by atoms with Gasteiger partial charge in [-0.1, -0.05) is 0 Å². The van der Waals surface area contributed by atoms with Gasteiger partial charge in [-0.2, -0.15) is 0 Å². The summed E-state index contributed by atoms with van der Waals surface area (Å²) in [7, 11) is 0. The Morgan fingerprint density at radius 3 is 2.88 bits per heavy atom. The maximum atomic E-state index is 11.6. The zero-order valence-electron chi connectivity index (χ0n) is 10.0. The van der Waals surface area contributed by atoms with Crippen molar-refractivity contribution in [3.8, 4) is 0 Å². The summed E-state index contributed by atoms with van der Waals surface area (Å²) in [6.07, 6.45) is 4.47. The molecule has 2 aliphatic rings. The van der Waals surface area contributed by atoms with Crippen LogP contribution in [0.3, 0.4) is 0 Å². The van der Waals surface area contributed by atoms with Gasteiger partial charge in [0.15, 0.2) is 0 Å². The molecule has 0 aromatic carbocycles. The Hall–Kier alpha value is -0.610. The topological polar surface area (TPSA) is 44.4 Å². The van der Waals surface area contributed by atoms with Gasteiger partial charge in [0.1, 0.15) is 0 Å². The van der Waals surface area contributed by atoms with Crippen molar-refractivity contribution in [1.29, 1.82) is 0 Å². The Bertz CT molecular complexity index is 198. The first-order valence-electron chi connectivity index (χ1n) is 6.54. The van der Waals surface area contributed by atoms with Crippen LogP contribution in [0.1, 0.15) is 25.7 Å². The van der Waals surface area contributed by atoms with Crippen molar-refractivity contribution >= 4 is 5.91 Å². The van der Waals surface area contributed by atoms with Gasteiger partial charge in [0.25, 0.3) is 0 Å². The molecule has 2 N–H and O–H groups in total. The number of rotatable bonds is 5. The van der Waals surface area contributed by atoms with Gasteiger partial charge in [0.2, 0.25) is 5.91 Å². The van der Waals surface area contributed by atoms with Gasteiger partial charge in [-0.3, -0.25) is 4.79 Å². The van der Waals surface area contributed by atoms with E-state index >= 15 is 0 Å². The van der Waals surface area contributed by atoms with E-state index in [4.69, 9.17) is 0 Å². The minimum absolute atomic E-state index is 0.221. The fourth-order valence-corrected chi connectivity index (χ4v) is 2.50. The molecule has 1 atom stereocenters. The zero-order chi connectivity index (χ0) is 11.2. The summed E-state index contributed by atoms with van der Waals surface area (Å²) in [6.45, 7) is 6.32. The van der Waals surface area contributed by atoms with Crippen LogP contribution in [0.5, 0.6) is 0 Å². The van der Waals surface area contributed by atoms with Crippen LogP contribution < -0.4 is 10.6 Å². The first-order valence-corrected chi connectivity index (χ1v) is 6.54. The van der Waals surface area contributed by atoms with Gasteiger partial charge in [0.05, 0.1) is 0 Å². The molecule has 0 aromatic rings. The summed E-state index contributed by atoms with van der Waals surface area (Å²) in [5, 5.41) is 6.36. The third kappa shape index (κ3) is 3.76. The van der Waals surface area contributed by atoms with Crippen molar-refractivity contribution in [3.63, 3.8) is 0 Å². The standard InChI is InChI=1S/C12H23N3O/c16-12(4-8-15-6-1-2-7-15)14-10-11-3-5-13-9-11/h11,13H,1-10H2,(H,14,16). The van der Waals surface area contributed by atoms with E-state index in [-0.39, 0.29) is 5.91 Å². The number of carbonyl (C=O) groups excluding carboxylic acids is 1. The van der Waals surface area contributed by atoms with Crippen LogP contribution >= 0.6 is 0 Å². The molecular weight excluding hydrogens is 202 g/mol. The molecule has 4 heteroatoms. The molecule has 2 aliphatic heterocycles. The van der Waals surface area contributed by atoms with Crippen LogP contribution in [0.25, 0.3) is 0 Å². The number of carbonyl (C=O) groups is 1. The first kappa shape index (κ1) is 11.9. The van der Waals surface area contributed by atoms with Gasteiger partial charge in [-0.25, -0.2) is 0 Å². The monoisotopic (exact) mass is 225 g/mol. The van der Waals surface area contributed by atoms with E-state index in [2.05, 4.69) is 15.5 Å². The van der Waals surface area contributed by atoms with Crippen molar-refractivity contribution in [2.24, 2.45) is 5.92 Å². The summed E-state index contributed by atoms with van der Waals surface area (Å²) in [6, 6.07) is 0. The lowest BCUT2D eigenvalue weighted by Crippen LogP contribution is -2.33. The summed E-state index contributed by atoms with van der Waals surface area (Å²) in [5.41, 5.74) is 0. The molecule has 0 spiro atoms. The van der Waals surface area contributed by atoms with E-state index in [1.54, 1.807) is 0 Å². The van der Waals surface area contributed by atoms with Gasteiger partial charge >= 0.3 is 0 Å². The quantitative estimate of drug-likeness (QED) is 0.702. The van der Waals surface area contributed by atoms with Crippen molar-refractivity contribution < 1.29 is 4.79 Å². The third-order valence-corrected chi connectivity index (χ3v) is 3.60. The molecule has 2 rings (SSSR count). The highest BCUT2D eigenvalue weighted by molar-refractivity contribution is 5.76. The van der Waals surface area contributed by atoms with Gasteiger partial charge in [0, 0.05) is 19.5 Å². The summed E-state index contributed by atoms with van der Waals surface area (Å²) in [5.74, 6) is 0.870. The molecule has 0 saturated carbocycles. The normalized spacial score (nSPS) is 26.1. The number of amides is 1. The predicted molar refractivity (Wildman–Crippen MR) is 64.3 cm³/mol. The molecule has 2 heterocycles. The average molecular weight is 225 g/mol. The van der Waals surface area contributed by atoms with E-state index < -0.39 is 0 Å². The van der Waals surface area contributed by atoms with E-state index in [1.165, 1.54) is 32.4 Å². The molecule has 2 saturated heterocycles. The van der Waals surface area contributed by atoms with Crippen LogP contribution in [0.4, 0.5) is 0 Å². The third-order valence-electron chi connectivity index (χ3n) is 3.60. The first-order chi connectivity index (χ1) is 7.84. The fraction of sp³-hybridized carbons (Fsp3) is 0.917. The van der Waals surface area contributed by atoms with Crippen molar-refractivity contribution in [1.82, 2.24) is 15.5 Å². The van der Waals surface area contributed by atoms with E-state index in [1.807, 2.05) is 0 Å². The minimum Gasteiger partial charge on any atom is -0.356 e. The van der Waals surface area contributed by atoms with E-state index in [0.717, 1.165) is 26.2 Å². The van der Waals surface area contributed by atoms with Crippen LogP contribution in [0.2, 0.25) is 0 Å². The summed E-state index contributed by atoms with van der Waals surface area (Å²) >= 11 is 0. The Morgan fingerprint density at radius 2 is 2.19 bits per heavy atom. The molecule has 2 fully saturated rings. The second kappa shape index (κ2) is 6.21. The molecule has 0 radical (unpaired) electrons. The lowest BCUT2D eigenvalue weighted by Gasteiger charge is -2.15. The largest absolute Gasteiger partial charge is 0.356 e. The fourth-order valence-electron chi connectivity index (χ4n) is 2.50. The highest BCUT2D eigenvalue weighted by Crippen LogP contribution is 2.08. The maximum absolute atomic E-state index is 11.6. The number of nitrogens with zero attached hydrogens (tertiary/aromatic N) is 1. The Kier molecular flexibility index (Phi) is 4.60. The average Bonchev–Trinajstić information content (AvgIpc) is 2.96. The Morgan fingerprint density at radius 1 is 1.38 bits per heavy atom. The lowest BCUT2D eigenvalue weighted by atomic mass is 10.1. The highest BCUT2D eigenvalue weighted by atomic mass is 16.1. The molecule has 16 heavy (non-hydrogen) atoms. The molecule has 1 amide bonds. The summed E-state index contributed by atoms with van der Waals surface area (Å²) in [4.78, 5) is 14.0. The summed E-state index contributed by atoms with van der Waals surface area (Å²) < 4.78 is 0. The predicted octanol–water partition coefficient (Wildman–Crippen LogP) is 0.198. The van der Waals surface area contributed by atoms with E-state index in [9.17, 15) is 4.79 Å². The highest BCUT2D eigenvalue weighted by Gasteiger charge is 2.16. The van der Waals surface area contributed by atoms with Crippen molar-refractivity contribution in [2.75, 3.05) is 39.3 Å². The van der Waals surface area contributed by atoms with Gasteiger partial charge < -0.3 is 15.5 Å². The molecule has 0 aromatic heterocycles. The maximum Gasteiger partial charge on any atom is 0.221 e. The molecule has 92 valence electrons. The molecule has 1 unspecified atom stereocenters. The smallest absolute Gasteiger partial charge is 0.221 e. The second-order valence-electron chi connectivity index (χ2n) is 4.96. The Labute approximate surface area is 97.8 Å². The second-order valence-corrected chi connectivity index (χ2v) is 4.96. The molecule has 0 aliphatic carbocycles. The molecule has 0 bridgehead atoms. The van der Waals surface area contributed by atoms with Crippen molar-refractivity contribution in [2.45, 2.75) is 25.7 Å². The lowest BCUT2D eigenvalue weighted by molar-refractivity contribution is -0.121. The molecular formula is C12H23N3O. The van der Waals surface area contributed by atoms with Crippen molar-refractivity contribution in [3.05, 3.63) is 0 Å². The number of likely N-dealkylation sites (tertiary alicyclic amines) is 1. The van der Waals surface area contributed by atoms with Crippen LogP contribution in [-0.4, -0.2) is 50.1 Å². The van der Waals surface area contributed by atoms with Gasteiger partial charge in [-0.15, -0.1) is 0 Å². The van der Waals surface area contributed by atoms with Crippen LogP contribution in [-0.2, 0) is 4.79 Å². The zero-order valence-corrected chi connectivity index (χ0v) is 10.0. The van der Waals surface area contributed by atoms with Gasteiger partial charge in [-0.05, 0) is 51.4 Å². The minimum atomic E-state index is 0.221. The van der Waals surface area contributed by atoms with E-state index in [0.29, 0.717) is 12.3 Å².